The van der Waals surface area contributed by atoms with Crippen molar-refractivity contribution >= 4 is 35.3 Å². The van der Waals surface area contributed by atoms with Crippen LogP contribution in [0.1, 0.15) is 52.2 Å². The molecule has 0 aliphatic carbocycles. The quantitative estimate of drug-likeness (QED) is 0.448. The number of carboxylic acid groups (broad SMARTS) is 2. The van der Waals surface area contributed by atoms with E-state index in [1.165, 1.54) is 64.3 Å². The van der Waals surface area contributed by atoms with Crippen LogP contribution in [-0.4, -0.2) is 43.6 Å². The van der Waals surface area contributed by atoms with Gasteiger partial charge in [-0.1, -0.05) is 13.8 Å². The number of amides is 1. The number of rotatable bonds is 7. The lowest BCUT2D eigenvalue weighted by molar-refractivity contribution is -0.114. The second kappa shape index (κ2) is 9.26. The number of hydrazone groups is 1. The fraction of sp³-hybridized carbons (Fsp3) is 0.160. The second-order valence-electron chi connectivity index (χ2n) is 7.78. The molecule has 1 aliphatic rings. The minimum Gasteiger partial charge on any atom is -0.478 e. The first-order chi connectivity index (χ1) is 16.7. The first-order valence-electron chi connectivity index (χ1n) is 10.9. The Morgan fingerprint density at radius 2 is 1.43 bits per heavy atom. The zero-order chi connectivity index (χ0) is 25.3. The monoisotopic (exact) mass is 474 g/mol. The van der Waals surface area contributed by atoms with E-state index in [9.17, 15) is 19.2 Å². The molecule has 0 saturated carbocycles. The lowest BCUT2D eigenvalue weighted by Crippen LogP contribution is -2.22. The van der Waals surface area contributed by atoms with Gasteiger partial charge in [0, 0.05) is 5.69 Å². The molecule has 10 nitrogen and oxygen atoms in total. The summed E-state index contributed by atoms with van der Waals surface area (Å²) in [6.07, 6.45) is 2.45. The number of hydrogen-bond donors (Lipinski definition) is 3. The first-order valence-corrected chi connectivity index (χ1v) is 10.9. The summed E-state index contributed by atoms with van der Waals surface area (Å²) in [4.78, 5) is 48.7. The van der Waals surface area contributed by atoms with Gasteiger partial charge in [-0.25, -0.2) is 14.3 Å². The Morgan fingerprint density at radius 1 is 0.886 bits per heavy atom. The van der Waals surface area contributed by atoms with Crippen molar-refractivity contribution in [2.45, 2.75) is 26.7 Å². The summed E-state index contributed by atoms with van der Waals surface area (Å²) in [5.74, 6) is -2.57. The van der Waals surface area contributed by atoms with Gasteiger partial charge in [0.25, 0.3) is 11.5 Å². The Balaban J connectivity index is 1.73. The van der Waals surface area contributed by atoms with Crippen LogP contribution in [0.2, 0.25) is 0 Å². The van der Waals surface area contributed by atoms with E-state index in [0.717, 1.165) is 0 Å². The molecule has 3 N–H and O–H groups in total. The highest BCUT2D eigenvalue weighted by Crippen LogP contribution is 2.27. The van der Waals surface area contributed by atoms with Crippen molar-refractivity contribution in [1.82, 2.24) is 9.78 Å². The fourth-order valence-corrected chi connectivity index (χ4v) is 3.78. The maximum absolute atomic E-state index is 13.3. The molecule has 1 amide bonds. The Morgan fingerprint density at radius 3 is 1.91 bits per heavy atom. The molecule has 2 aromatic carbocycles. The molecular formula is C25H22N4O6. The number of aromatic carboxylic acids is 2. The molecule has 0 spiro atoms. The van der Waals surface area contributed by atoms with E-state index < -0.39 is 17.8 Å². The summed E-state index contributed by atoms with van der Waals surface area (Å²) in [5, 5.41) is 26.8. The summed E-state index contributed by atoms with van der Waals surface area (Å²) in [7, 11) is 0. The summed E-state index contributed by atoms with van der Waals surface area (Å²) < 4.78 is 1.31. The van der Waals surface area contributed by atoms with Crippen LogP contribution in [0.3, 0.4) is 0 Å². The Bertz CT molecular complexity index is 1440. The third-order valence-corrected chi connectivity index (χ3v) is 5.67. The molecular weight excluding hydrogens is 452 g/mol. The van der Waals surface area contributed by atoms with Crippen LogP contribution >= 0.6 is 0 Å². The zero-order valence-electron chi connectivity index (χ0n) is 19.0. The highest BCUT2D eigenvalue weighted by Gasteiger charge is 2.31. The van der Waals surface area contributed by atoms with E-state index >= 15 is 0 Å². The number of carboxylic acids is 2. The standard InChI is InChI=1S/C25H22N4O6/c1-3-20-18(22(30)28(26-20)16-9-5-14(6-10-16)24(32)33)13-19-21(4-2)27-29(23(19)31)17-11-7-15(8-12-17)25(34)35/h5-13,26H,3-4H2,1-2H3,(H,32,33)(H,34,35). The largest absolute Gasteiger partial charge is 0.478 e. The smallest absolute Gasteiger partial charge is 0.335 e. The van der Waals surface area contributed by atoms with Gasteiger partial charge in [-0.2, -0.15) is 10.1 Å². The molecule has 35 heavy (non-hydrogen) atoms. The van der Waals surface area contributed by atoms with Gasteiger partial charge in [-0.15, -0.1) is 0 Å². The van der Waals surface area contributed by atoms with Gasteiger partial charge in [0.1, 0.15) is 0 Å². The molecule has 4 rings (SSSR count). The van der Waals surface area contributed by atoms with E-state index in [0.29, 0.717) is 41.2 Å². The van der Waals surface area contributed by atoms with Crippen LogP contribution in [-0.2, 0) is 11.2 Å². The maximum Gasteiger partial charge on any atom is 0.335 e. The maximum atomic E-state index is 13.3. The predicted molar refractivity (Wildman–Crippen MR) is 129 cm³/mol. The highest BCUT2D eigenvalue weighted by molar-refractivity contribution is 6.32. The third-order valence-electron chi connectivity index (χ3n) is 5.67. The lowest BCUT2D eigenvalue weighted by Gasteiger charge is -2.11. The molecule has 0 unspecified atom stereocenters. The number of aromatic nitrogens is 2. The van der Waals surface area contributed by atoms with Crippen LogP contribution in [0, 0.1) is 0 Å². The minimum absolute atomic E-state index is 0.0905. The van der Waals surface area contributed by atoms with Crippen LogP contribution in [0.25, 0.3) is 11.8 Å². The van der Waals surface area contributed by atoms with Crippen molar-refractivity contribution in [2.24, 2.45) is 5.10 Å². The normalized spacial score (nSPS) is 14.5. The van der Waals surface area contributed by atoms with Crippen LogP contribution in [0.5, 0.6) is 0 Å². The summed E-state index contributed by atoms with van der Waals surface area (Å²) in [5.41, 5.74) is 2.36. The summed E-state index contributed by atoms with van der Waals surface area (Å²) in [6, 6.07) is 11.7. The molecule has 0 bridgehead atoms. The summed E-state index contributed by atoms with van der Waals surface area (Å²) >= 11 is 0. The van der Waals surface area contributed by atoms with Crippen molar-refractivity contribution in [3.63, 3.8) is 0 Å². The first kappa shape index (κ1) is 23.4. The van der Waals surface area contributed by atoms with Gasteiger partial charge in [0.05, 0.1) is 39.3 Å². The molecule has 0 saturated heterocycles. The number of carbonyl (C=O) groups excluding carboxylic acids is 1. The van der Waals surface area contributed by atoms with E-state index in [2.05, 4.69) is 10.2 Å². The number of benzene rings is 2. The van der Waals surface area contributed by atoms with E-state index in [-0.39, 0.29) is 22.3 Å². The lowest BCUT2D eigenvalue weighted by atomic mass is 10.0. The number of nitrogens with zero attached hydrogens (tertiary/aromatic N) is 3. The molecule has 1 aliphatic heterocycles. The van der Waals surface area contributed by atoms with Crippen molar-refractivity contribution in [3.05, 3.63) is 86.8 Å². The number of hydrogen-bond acceptors (Lipinski definition) is 5. The van der Waals surface area contributed by atoms with Crippen LogP contribution in [0.4, 0.5) is 5.69 Å². The SMILES string of the molecule is CCC1=NN(c2ccc(C(=O)O)cc2)C(=O)C1=Cc1c(CC)[nH]n(-c2ccc(C(=O)O)cc2)c1=O. The van der Waals surface area contributed by atoms with Gasteiger partial charge in [0.2, 0.25) is 0 Å². The van der Waals surface area contributed by atoms with Gasteiger partial charge >= 0.3 is 11.9 Å². The predicted octanol–water partition coefficient (Wildman–Crippen LogP) is 3.32. The molecule has 0 radical (unpaired) electrons. The highest BCUT2D eigenvalue weighted by atomic mass is 16.4. The summed E-state index contributed by atoms with van der Waals surface area (Å²) in [6.45, 7) is 3.71. The van der Waals surface area contributed by atoms with E-state index in [1.807, 2.05) is 13.8 Å². The average Bonchev–Trinajstić information content (AvgIpc) is 3.35. The number of aryl methyl sites for hydroxylation is 1. The minimum atomic E-state index is -1.07. The number of aromatic amines is 1. The van der Waals surface area contributed by atoms with Crippen molar-refractivity contribution in [3.8, 4) is 5.69 Å². The number of H-pyrrole nitrogens is 1. The molecule has 3 aromatic rings. The van der Waals surface area contributed by atoms with Crippen molar-refractivity contribution in [2.75, 3.05) is 5.01 Å². The van der Waals surface area contributed by atoms with Gasteiger partial charge in [0.15, 0.2) is 0 Å². The third kappa shape index (κ3) is 4.29. The Hall–Kier alpha value is -4.73. The fourth-order valence-electron chi connectivity index (χ4n) is 3.78. The Labute approximate surface area is 199 Å². The molecule has 1 aromatic heterocycles. The van der Waals surface area contributed by atoms with Gasteiger partial charge in [-0.3, -0.25) is 14.7 Å². The van der Waals surface area contributed by atoms with E-state index in [4.69, 9.17) is 10.2 Å². The topological polar surface area (TPSA) is 145 Å². The van der Waals surface area contributed by atoms with Crippen molar-refractivity contribution in [1.29, 1.82) is 0 Å². The van der Waals surface area contributed by atoms with Crippen LogP contribution < -0.4 is 10.6 Å². The molecule has 0 atom stereocenters. The molecule has 2 heterocycles. The Kier molecular flexibility index (Phi) is 6.20. The number of nitrogens with one attached hydrogen (secondary N) is 1. The zero-order valence-corrected chi connectivity index (χ0v) is 19.0. The molecule has 178 valence electrons. The van der Waals surface area contributed by atoms with Gasteiger partial charge in [-0.05, 0) is 67.4 Å². The number of carbonyl (C=O) groups is 3. The van der Waals surface area contributed by atoms with E-state index in [1.54, 1.807) is 0 Å². The van der Waals surface area contributed by atoms with Gasteiger partial charge < -0.3 is 10.2 Å². The number of anilines is 1. The molecule has 0 fully saturated rings. The van der Waals surface area contributed by atoms with Crippen molar-refractivity contribution < 1.29 is 24.6 Å². The molecule has 10 heteroatoms. The average molecular weight is 474 g/mol. The van der Waals surface area contributed by atoms with Crippen LogP contribution in [0.15, 0.2) is 64.0 Å². The second-order valence-corrected chi connectivity index (χ2v) is 7.78.